The molecule has 0 unspecified atom stereocenters. The van der Waals surface area contributed by atoms with Crippen molar-refractivity contribution >= 4 is 39.9 Å². The molecule has 1 N–H and O–H groups in total. The van der Waals surface area contributed by atoms with E-state index in [9.17, 15) is 19.5 Å². The van der Waals surface area contributed by atoms with Gasteiger partial charge >= 0.3 is 11.9 Å². The summed E-state index contributed by atoms with van der Waals surface area (Å²) in [6.07, 6.45) is 0.857. The van der Waals surface area contributed by atoms with Gasteiger partial charge in [-0.15, -0.1) is 0 Å². The monoisotopic (exact) mass is 492 g/mol. The number of hydrogen-bond acceptors (Lipinski definition) is 8. The molecule has 9 heteroatoms. The van der Waals surface area contributed by atoms with Crippen LogP contribution in [0.3, 0.4) is 0 Å². The highest BCUT2D eigenvalue weighted by Gasteiger charge is 2.48. The van der Waals surface area contributed by atoms with Gasteiger partial charge in [0.2, 0.25) is 0 Å². The van der Waals surface area contributed by atoms with Gasteiger partial charge in [0.05, 0.1) is 31.0 Å². The van der Waals surface area contributed by atoms with Crippen LogP contribution in [0.4, 0.5) is 5.13 Å². The van der Waals surface area contributed by atoms with E-state index in [-0.39, 0.29) is 21.3 Å². The number of aliphatic hydroxyl groups is 1. The summed E-state index contributed by atoms with van der Waals surface area (Å²) < 4.78 is 10.4. The zero-order valence-electron chi connectivity index (χ0n) is 19.5. The number of nitrogens with zero attached hydrogens (tertiary/aromatic N) is 2. The standard InChI is InChI=1S/C26H24N2O6S/c1-4-14-34-18-12-10-17(11-13-18)21(29)19-20(16-8-6-5-7-9-16)28(24(31)22(19)30)26-27-15(2)23(35-26)25(32)33-3/h5-13,20,29H,4,14H2,1-3H3/t20-/m1/s1. The van der Waals surface area contributed by atoms with Crippen LogP contribution in [0.2, 0.25) is 0 Å². The first-order valence-electron chi connectivity index (χ1n) is 11.0. The number of hydrogen-bond donors (Lipinski definition) is 1. The number of rotatable bonds is 7. The predicted octanol–water partition coefficient (Wildman–Crippen LogP) is 4.65. The van der Waals surface area contributed by atoms with E-state index in [1.54, 1.807) is 55.5 Å². The van der Waals surface area contributed by atoms with Gasteiger partial charge in [0.25, 0.3) is 5.78 Å². The SMILES string of the molecule is CCCOc1ccc(C(O)=C2C(=O)C(=O)N(c3nc(C)c(C(=O)OC)s3)[C@@H]2c2ccccc2)cc1. The van der Waals surface area contributed by atoms with Gasteiger partial charge in [0.15, 0.2) is 5.13 Å². The van der Waals surface area contributed by atoms with E-state index in [0.29, 0.717) is 29.2 Å². The number of aliphatic hydroxyl groups excluding tert-OH is 1. The Kier molecular flexibility index (Phi) is 6.97. The second-order valence-electron chi connectivity index (χ2n) is 7.86. The highest BCUT2D eigenvalue weighted by molar-refractivity contribution is 7.17. The molecule has 2 aromatic carbocycles. The average Bonchev–Trinajstić information content (AvgIpc) is 3.39. The quantitative estimate of drug-likeness (QED) is 0.221. The van der Waals surface area contributed by atoms with Crippen LogP contribution >= 0.6 is 11.3 Å². The summed E-state index contributed by atoms with van der Waals surface area (Å²) in [5.74, 6) is -1.92. The van der Waals surface area contributed by atoms with Gasteiger partial charge in [-0.05, 0) is 43.2 Å². The van der Waals surface area contributed by atoms with Gasteiger partial charge < -0.3 is 14.6 Å². The van der Waals surface area contributed by atoms with E-state index in [1.165, 1.54) is 12.0 Å². The third kappa shape index (κ3) is 4.54. The van der Waals surface area contributed by atoms with Crippen LogP contribution in [0.1, 0.15) is 45.9 Å². The van der Waals surface area contributed by atoms with Crippen molar-refractivity contribution in [1.82, 2.24) is 4.98 Å². The van der Waals surface area contributed by atoms with Gasteiger partial charge in [0, 0.05) is 5.56 Å². The number of Topliss-reactive ketones (excluding diaryl/α,β-unsaturated/α-hetero) is 1. The molecule has 0 spiro atoms. The van der Waals surface area contributed by atoms with E-state index in [1.807, 2.05) is 13.0 Å². The third-order valence-electron chi connectivity index (χ3n) is 5.52. The molecule has 1 fully saturated rings. The Morgan fingerprint density at radius 1 is 1.11 bits per heavy atom. The number of aryl methyl sites for hydroxylation is 1. The Labute approximate surface area is 206 Å². The number of thiazole rings is 1. The normalized spacial score (nSPS) is 17.0. The Bertz CT molecular complexity index is 1300. The smallest absolute Gasteiger partial charge is 0.350 e. The zero-order valence-corrected chi connectivity index (χ0v) is 20.3. The summed E-state index contributed by atoms with van der Waals surface area (Å²) in [5, 5.41) is 11.4. The lowest BCUT2D eigenvalue weighted by Crippen LogP contribution is -2.29. The first-order valence-corrected chi connectivity index (χ1v) is 11.8. The number of ketones is 1. The van der Waals surface area contributed by atoms with Gasteiger partial charge in [-0.1, -0.05) is 48.6 Å². The van der Waals surface area contributed by atoms with Crippen LogP contribution in [0.25, 0.3) is 5.76 Å². The largest absolute Gasteiger partial charge is 0.507 e. The molecule has 0 saturated carbocycles. The van der Waals surface area contributed by atoms with Crippen molar-refractivity contribution in [3.8, 4) is 5.75 Å². The van der Waals surface area contributed by atoms with Gasteiger partial charge in [-0.2, -0.15) is 0 Å². The lowest BCUT2D eigenvalue weighted by Gasteiger charge is -2.23. The molecular weight excluding hydrogens is 468 g/mol. The molecule has 180 valence electrons. The minimum Gasteiger partial charge on any atom is -0.507 e. The van der Waals surface area contributed by atoms with E-state index < -0.39 is 23.7 Å². The lowest BCUT2D eigenvalue weighted by atomic mass is 9.95. The molecule has 1 aromatic heterocycles. The van der Waals surface area contributed by atoms with Crippen molar-refractivity contribution in [3.05, 3.63) is 81.9 Å². The molecule has 0 radical (unpaired) electrons. The van der Waals surface area contributed by atoms with Crippen LogP contribution in [0.5, 0.6) is 5.75 Å². The van der Waals surface area contributed by atoms with Crippen molar-refractivity contribution in [2.75, 3.05) is 18.6 Å². The molecule has 2 heterocycles. The van der Waals surface area contributed by atoms with E-state index in [4.69, 9.17) is 9.47 Å². The number of methoxy groups -OCH3 is 1. The summed E-state index contributed by atoms with van der Waals surface area (Å²) in [5.41, 5.74) is 1.31. The molecule has 3 aromatic rings. The molecule has 1 atom stereocenters. The predicted molar refractivity (Wildman–Crippen MR) is 132 cm³/mol. The molecule has 4 rings (SSSR count). The van der Waals surface area contributed by atoms with Crippen LogP contribution in [0, 0.1) is 6.92 Å². The Balaban J connectivity index is 1.84. The number of benzene rings is 2. The van der Waals surface area contributed by atoms with Crippen LogP contribution in [0.15, 0.2) is 60.2 Å². The second kappa shape index (κ2) is 10.1. The average molecular weight is 493 g/mol. The maximum Gasteiger partial charge on any atom is 0.350 e. The first kappa shape index (κ1) is 24.2. The van der Waals surface area contributed by atoms with Crippen molar-refractivity contribution < 1.29 is 29.0 Å². The van der Waals surface area contributed by atoms with Crippen LogP contribution in [-0.2, 0) is 14.3 Å². The summed E-state index contributed by atoms with van der Waals surface area (Å²) in [6, 6.07) is 14.6. The fourth-order valence-corrected chi connectivity index (χ4v) is 4.84. The topological polar surface area (TPSA) is 106 Å². The van der Waals surface area contributed by atoms with Crippen molar-refractivity contribution in [1.29, 1.82) is 0 Å². The maximum absolute atomic E-state index is 13.2. The molecule has 1 aliphatic rings. The summed E-state index contributed by atoms with van der Waals surface area (Å²) >= 11 is 0.959. The zero-order chi connectivity index (χ0) is 25.1. The third-order valence-corrected chi connectivity index (χ3v) is 6.66. The number of ether oxygens (including phenoxy) is 2. The lowest BCUT2D eigenvalue weighted by molar-refractivity contribution is -0.132. The number of carbonyl (C=O) groups excluding carboxylic acids is 3. The first-order chi connectivity index (χ1) is 16.9. The fraction of sp³-hybridized carbons (Fsp3) is 0.231. The molecule has 1 aliphatic heterocycles. The number of aromatic nitrogens is 1. The number of esters is 1. The molecule has 35 heavy (non-hydrogen) atoms. The van der Waals surface area contributed by atoms with E-state index >= 15 is 0 Å². The van der Waals surface area contributed by atoms with Crippen molar-refractivity contribution in [3.63, 3.8) is 0 Å². The highest BCUT2D eigenvalue weighted by atomic mass is 32.1. The molecule has 1 saturated heterocycles. The minimum atomic E-state index is -0.928. The number of carbonyl (C=O) groups is 3. The van der Waals surface area contributed by atoms with E-state index in [0.717, 1.165) is 17.8 Å². The van der Waals surface area contributed by atoms with Gasteiger partial charge in [0.1, 0.15) is 16.4 Å². The highest BCUT2D eigenvalue weighted by Crippen LogP contribution is 2.43. The summed E-state index contributed by atoms with van der Waals surface area (Å²) in [4.78, 5) is 44.4. The van der Waals surface area contributed by atoms with Gasteiger partial charge in [-0.3, -0.25) is 14.5 Å². The Morgan fingerprint density at radius 3 is 2.43 bits per heavy atom. The summed E-state index contributed by atoms with van der Waals surface area (Å²) in [6.45, 7) is 4.19. The second-order valence-corrected chi connectivity index (χ2v) is 8.83. The van der Waals surface area contributed by atoms with Crippen molar-refractivity contribution in [2.24, 2.45) is 0 Å². The molecule has 1 amide bonds. The number of anilines is 1. The minimum absolute atomic E-state index is 0.0594. The molecular formula is C26H24N2O6S. The summed E-state index contributed by atoms with van der Waals surface area (Å²) in [7, 11) is 1.26. The van der Waals surface area contributed by atoms with E-state index in [2.05, 4.69) is 4.98 Å². The maximum atomic E-state index is 13.2. The number of amides is 1. The molecule has 0 bridgehead atoms. The van der Waals surface area contributed by atoms with Crippen LogP contribution < -0.4 is 9.64 Å². The van der Waals surface area contributed by atoms with Gasteiger partial charge in [-0.25, -0.2) is 9.78 Å². The van der Waals surface area contributed by atoms with Crippen molar-refractivity contribution in [2.45, 2.75) is 26.3 Å². The fourth-order valence-electron chi connectivity index (χ4n) is 3.83. The molecule has 8 nitrogen and oxygen atoms in total. The Morgan fingerprint density at radius 2 is 1.80 bits per heavy atom. The Hall–Kier alpha value is -3.98. The molecule has 0 aliphatic carbocycles. The van der Waals surface area contributed by atoms with Crippen LogP contribution in [-0.4, -0.2) is 41.5 Å².